The second-order valence-electron chi connectivity index (χ2n) is 7.98. The summed E-state index contributed by atoms with van der Waals surface area (Å²) in [6.45, 7) is 1.80. The van der Waals surface area contributed by atoms with Gasteiger partial charge in [-0.3, -0.25) is 9.59 Å². The Balaban J connectivity index is 1.26. The molecule has 31 heavy (non-hydrogen) atoms. The molecule has 3 amide bonds. The highest BCUT2D eigenvalue weighted by molar-refractivity contribution is 5.98. The molecule has 1 N–H and O–H groups in total. The summed E-state index contributed by atoms with van der Waals surface area (Å²) >= 11 is 0. The molecule has 0 aliphatic carbocycles. The molecule has 0 unspecified atom stereocenters. The van der Waals surface area contributed by atoms with Gasteiger partial charge in [-0.15, -0.1) is 0 Å². The Morgan fingerprint density at radius 3 is 2.45 bits per heavy atom. The number of urea groups is 1. The van der Waals surface area contributed by atoms with E-state index >= 15 is 0 Å². The molecule has 0 radical (unpaired) electrons. The lowest BCUT2D eigenvalue weighted by molar-refractivity contribution is -0.132. The number of nitrogens with one attached hydrogen (secondary N) is 1. The number of Topliss-reactive ketones (excluding diaryl/α,β-unsaturated/α-hetero) is 1. The van der Waals surface area contributed by atoms with Gasteiger partial charge in [0.05, 0.1) is 7.11 Å². The summed E-state index contributed by atoms with van der Waals surface area (Å²) in [6, 6.07) is 14.8. The van der Waals surface area contributed by atoms with Gasteiger partial charge in [-0.2, -0.15) is 0 Å². The van der Waals surface area contributed by atoms with Crippen LogP contribution in [0, 0.1) is 0 Å². The monoisotopic (exact) mass is 421 g/mol. The third kappa shape index (κ3) is 4.71. The number of ether oxygens (including phenoxy) is 1. The summed E-state index contributed by atoms with van der Waals surface area (Å²) in [7, 11) is 1.58. The molecule has 2 aromatic rings. The average Bonchev–Trinajstić information content (AvgIpc) is 2.82. The van der Waals surface area contributed by atoms with Gasteiger partial charge in [0.1, 0.15) is 5.75 Å². The number of anilines is 1. The van der Waals surface area contributed by atoms with Crippen molar-refractivity contribution in [3.8, 4) is 5.75 Å². The van der Waals surface area contributed by atoms with Crippen LogP contribution in [-0.2, 0) is 11.3 Å². The minimum atomic E-state index is -0.0754. The number of rotatable bonds is 6. The lowest BCUT2D eigenvalue weighted by atomic mass is 10.00. The smallest absolute Gasteiger partial charge is 0.322 e. The number of likely N-dealkylation sites (tertiary alicyclic amines) is 1. The maximum absolute atomic E-state index is 12.6. The fourth-order valence-electron chi connectivity index (χ4n) is 4.24. The zero-order valence-electron chi connectivity index (χ0n) is 17.7. The summed E-state index contributed by atoms with van der Waals surface area (Å²) < 4.78 is 5.10. The first kappa shape index (κ1) is 20.9. The molecule has 1 saturated heterocycles. The van der Waals surface area contributed by atoms with Crippen molar-refractivity contribution in [1.82, 2.24) is 9.80 Å². The van der Waals surface area contributed by atoms with Gasteiger partial charge in [0.15, 0.2) is 5.78 Å². The minimum Gasteiger partial charge on any atom is -0.497 e. The van der Waals surface area contributed by atoms with Gasteiger partial charge in [0.2, 0.25) is 5.91 Å². The number of nitrogens with zero attached hydrogens (tertiary/aromatic N) is 2. The van der Waals surface area contributed by atoms with Crippen molar-refractivity contribution in [2.45, 2.75) is 38.3 Å². The van der Waals surface area contributed by atoms with Gasteiger partial charge in [-0.05, 0) is 48.7 Å². The predicted molar refractivity (Wildman–Crippen MR) is 117 cm³/mol. The fourth-order valence-corrected chi connectivity index (χ4v) is 4.24. The molecule has 2 aromatic carbocycles. The molecule has 4 rings (SSSR count). The summed E-state index contributed by atoms with van der Waals surface area (Å²) in [5.41, 5.74) is 2.57. The van der Waals surface area contributed by atoms with E-state index in [0.717, 1.165) is 24.1 Å². The Morgan fingerprint density at radius 2 is 1.74 bits per heavy atom. The van der Waals surface area contributed by atoms with E-state index in [2.05, 4.69) is 5.32 Å². The van der Waals surface area contributed by atoms with E-state index in [4.69, 9.17) is 4.74 Å². The highest BCUT2D eigenvalue weighted by Gasteiger charge is 2.32. The van der Waals surface area contributed by atoms with Gasteiger partial charge in [0.25, 0.3) is 0 Å². The lowest BCUT2D eigenvalue weighted by Crippen LogP contribution is -2.51. The maximum atomic E-state index is 12.6. The van der Waals surface area contributed by atoms with Crippen LogP contribution >= 0.6 is 0 Å². The largest absolute Gasteiger partial charge is 0.497 e. The van der Waals surface area contributed by atoms with Crippen molar-refractivity contribution in [3.63, 3.8) is 0 Å². The maximum Gasteiger partial charge on any atom is 0.322 e. The standard InChI is InChI=1S/C24H27N3O4/c1-31-20-8-6-17(7-9-20)22(28)10-11-23(29)26-14-12-19(13-15-26)27-16-18-4-2-3-5-21(18)25-24(27)30/h2-9,19H,10-16H2,1H3,(H,25,30). The molecule has 2 aliphatic rings. The van der Waals surface area contributed by atoms with Crippen LogP contribution < -0.4 is 10.1 Å². The van der Waals surface area contributed by atoms with E-state index < -0.39 is 0 Å². The van der Waals surface area contributed by atoms with Crippen molar-refractivity contribution < 1.29 is 19.1 Å². The van der Waals surface area contributed by atoms with E-state index in [0.29, 0.717) is 30.9 Å². The van der Waals surface area contributed by atoms with E-state index in [1.807, 2.05) is 34.1 Å². The summed E-state index contributed by atoms with van der Waals surface area (Å²) in [4.78, 5) is 41.2. The molecule has 0 bridgehead atoms. The highest BCUT2D eigenvalue weighted by Crippen LogP contribution is 2.27. The molecule has 0 aromatic heterocycles. The van der Waals surface area contributed by atoms with Crippen molar-refractivity contribution in [1.29, 1.82) is 0 Å². The van der Waals surface area contributed by atoms with Crippen LogP contribution in [0.15, 0.2) is 48.5 Å². The van der Waals surface area contributed by atoms with E-state index in [-0.39, 0.29) is 36.6 Å². The van der Waals surface area contributed by atoms with Crippen LogP contribution in [0.1, 0.15) is 41.6 Å². The molecule has 0 spiro atoms. The van der Waals surface area contributed by atoms with Gasteiger partial charge in [-0.1, -0.05) is 18.2 Å². The van der Waals surface area contributed by atoms with Crippen LogP contribution in [0.25, 0.3) is 0 Å². The Kier molecular flexibility index (Phi) is 6.21. The second-order valence-corrected chi connectivity index (χ2v) is 7.98. The van der Waals surface area contributed by atoms with Gasteiger partial charge < -0.3 is 19.9 Å². The molecule has 7 heteroatoms. The molecular weight excluding hydrogens is 394 g/mol. The first-order valence-corrected chi connectivity index (χ1v) is 10.7. The lowest BCUT2D eigenvalue weighted by Gasteiger charge is -2.40. The van der Waals surface area contributed by atoms with E-state index in [1.165, 1.54) is 0 Å². The topological polar surface area (TPSA) is 79.0 Å². The Morgan fingerprint density at radius 1 is 1.03 bits per heavy atom. The Labute approximate surface area is 182 Å². The number of hydrogen-bond donors (Lipinski definition) is 1. The third-order valence-electron chi connectivity index (χ3n) is 6.10. The number of ketones is 1. The molecular formula is C24H27N3O4. The average molecular weight is 421 g/mol. The van der Waals surface area contributed by atoms with Crippen LogP contribution in [0.4, 0.5) is 10.5 Å². The zero-order chi connectivity index (χ0) is 21.8. The Bertz CT molecular complexity index is 965. The molecule has 7 nitrogen and oxygen atoms in total. The summed E-state index contributed by atoms with van der Waals surface area (Å²) in [5.74, 6) is 0.643. The number of methoxy groups -OCH3 is 1. The van der Waals surface area contributed by atoms with Gasteiger partial charge in [0, 0.05) is 49.8 Å². The zero-order valence-corrected chi connectivity index (χ0v) is 17.7. The van der Waals surface area contributed by atoms with Gasteiger partial charge in [-0.25, -0.2) is 4.79 Å². The molecule has 2 aliphatic heterocycles. The van der Waals surface area contributed by atoms with Crippen molar-refractivity contribution >= 4 is 23.4 Å². The van der Waals surface area contributed by atoms with Crippen molar-refractivity contribution in [2.24, 2.45) is 0 Å². The van der Waals surface area contributed by atoms with Crippen LogP contribution in [0.2, 0.25) is 0 Å². The molecule has 0 saturated carbocycles. The quantitative estimate of drug-likeness (QED) is 0.722. The van der Waals surface area contributed by atoms with E-state index in [1.54, 1.807) is 31.4 Å². The van der Waals surface area contributed by atoms with Crippen molar-refractivity contribution in [2.75, 3.05) is 25.5 Å². The number of carbonyl (C=O) groups is 3. The molecule has 2 heterocycles. The summed E-state index contributed by atoms with van der Waals surface area (Å²) in [5, 5.41) is 2.96. The third-order valence-corrected chi connectivity index (χ3v) is 6.10. The first-order valence-electron chi connectivity index (χ1n) is 10.7. The van der Waals surface area contributed by atoms with Crippen LogP contribution in [0.5, 0.6) is 5.75 Å². The molecule has 0 atom stereocenters. The van der Waals surface area contributed by atoms with Gasteiger partial charge >= 0.3 is 6.03 Å². The second kappa shape index (κ2) is 9.20. The first-order chi connectivity index (χ1) is 15.0. The van der Waals surface area contributed by atoms with Crippen LogP contribution in [0.3, 0.4) is 0 Å². The molecule has 162 valence electrons. The molecule has 1 fully saturated rings. The number of para-hydroxylation sites is 1. The van der Waals surface area contributed by atoms with E-state index in [9.17, 15) is 14.4 Å². The van der Waals surface area contributed by atoms with Crippen molar-refractivity contribution in [3.05, 3.63) is 59.7 Å². The highest BCUT2D eigenvalue weighted by atomic mass is 16.5. The predicted octanol–water partition coefficient (Wildman–Crippen LogP) is 3.70. The summed E-state index contributed by atoms with van der Waals surface area (Å²) in [6.07, 6.45) is 1.88. The number of hydrogen-bond acceptors (Lipinski definition) is 4. The Hall–Kier alpha value is -3.35. The number of amides is 3. The number of piperidine rings is 1. The number of fused-ring (bicyclic) bond motifs is 1. The minimum absolute atomic E-state index is 0.00578. The normalized spacial score (nSPS) is 16.5. The fraction of sp³-hybridized carbons (Fsp3) is 0.375. The van der Waals surface area contributed by atoms with Crippen LogP contribution in [-0.4, -0.2) is 53.8 Å². The number of carbonyl (C=O) groups excluding carboxylic acids is 3. The number of benzene rings is 2. The SMILES string of the molecule is COc1ccc(C(=O)CCC(=O)N2CCC(N3Cc4ccccc4NC3=O)CC2)cc1.